The first-order valence-electron chi connectivity index (χ1n) is 20.2. The molecule has 2 aliphatic heterocycles. The SMILES string of the molecule is COc1cc(/C=C/C(=O)OC[C@H]2O[C@H](O[C@]3(CO)O[C@H](CO)[C@@H](OC(=O)/C=C/c4cc(OC)c(O)c(OC)c4)[C@@H]3OC(=O)/C=C/c3cc(OC)c(O)c(OC)c3)[C@H](O)[C@@H](O)[C@@H]2O)cc(OC)c1O. The minimum absolute atomic E-state index is 0.00590. The van der Waals surface area contributed by atoms with Crippen LogP contribution in [-0.4, -0.2) is 176 Å². The van der Waals surface area contributed by atoms with Crippen LogP contribution in [0.5, 0.6) is 51.7 Å². The van der Waals surface area contributed by atoms with Gasteiger partial charge < -0.3 is 97.7 Å². The molecule has 23 nitrogen and oxygen atoms in total. The molecule has 0 aliphatic carbocycles. The van der Waals surface area contributed by atoms with E-state index in [-0.39, 0.29) is 62.9 Å². The van der Waals surface area contributed by atoms with E-state index in [2.05, 4.69) is 0 Å². The third-order valence-corrected chi connectivity index (χ3v) is 10.5. The van der Waals surface area contributed by atoms with Crippen LogP contribution >= 0.6 is 0 Å². The molecule has 9 atom stereocenters. The fourth-order valence-corrected chi connectivity index (χ4v) is 6.95. The van der Waals surface area contributed by atoms with Gasteiger partial charge in [-0.15, -0.1) is 0 Å². The number of hydrogen-bond acceptors (Lipinski definition) is 23. The lowest BCUT2D eigenvalue weighted by atomic mass is 9.98. The molecule has 2 heterocycles. The van der Waals surface area contributed by atoms with Crippen molar-refractivity contribution in [2.45, 2.75) is 54.8 Å². The van der Waals surface area contributed by atoms with Gasteiger partial charge in [-0.2, -0.15) is 0 Å². The summed E-state index contributed by atoms with van der Waals surface area (Å²) in [5, 5.41) is 85.1. The summed E-state index contributed by atoms with van der Waals surface area (Å²) in [7, 11) is 7.78. The number of phenols is 3. The van der Waals surface area contributed by atoms with Gasteiger partial charge in [0.25, 0.3) is 0 Å². The number of aromatic hydroxyl groups is 3. The van der Waals surface area contributed by atoms with Gasteiger partial charge in [-0.05, 0) is 71.3 Å². The molecule has 0 amide bonds. The van der Waals surface area contributed by atoms with Crippen molar-refractivity contribution in [1.82, 2.24) is 0 Å². The Morgan fingerprint density at radius 3 is 1.35 bits per heavy atom. The van der Waals surface area contributed by atoms with Gasteiger partial charge in [0, 0.05) is 18.2 Å². The zero-order valence-electron chi connectivity index (χ0n) is 37.4. The van der Waals surface area contributed by atoms with Crippen LogP contribution in [0.2, 0.25) is 0 Å². The lowest BCUT2D eigenvalue weighted by Gasteiger charge is -2.43. The maximum absolute atomic E-state index is 13.6. The molecule has 0 radical (unpaired) electrons. The number of aliphatic hydroxyl groups excluding tert-OH is 5. The molecule has 0 saturated carbocycles. The van der Waals surface area contributed by atoms with Crippen molar-refractivity contribution in [2.24, 2.45) is 0 Å². The fraction of sp³-hybridized carbons (Fsp3) is 0.400. The molecule has 3 aromatic carbocycles. The smallest absolute Gasteiger partial charge is 0.331 e. The minimum Gasteiger partial charge on any atom is -0.502 e. The van der Waals surface area contributed by atoms with Gasteiger partial charge in [-0.3, -0.25) is 0 Å². The van der Waals surface area contributed by atoms with Crippen LogP contribution in [0.15, 0.2) is 54.6 Å². The molecular weight excluding hydrogens is 908 g/mol. The van der Waals surface area contributed by atoms with Crippen molar-refractivity contribution < 1.29 is 112 Å². The number of methoxy groups -OCH3 is 6. The normalized spacial score (nSPS) is 24.8. The average molecular weight is 961 g/mol. The Kier molecular flexibility index (Phi) is 17.8. The lowest BCUT2D eigenvalue weighted by molar-refractivity contribution is -0.383. The third kappa shape index (κ3) is 11.8. The molecule has 2 aliphatic rings. The maximum Gasteiger partial charge on any atom is 0.331 e. The Hall–Kier alpha value is -6.83. The number of carbonyl (C=O) groups excluding carboxylic acids is 3. The molecule has 23 heteroatoms. The van der Waals surface area contributed by atoms with Gasteiger partial charge in [0.2, 0.25) is 23.0 Å². The first-order chi connectivity index (χ1) is 32.5. The fourth-order valence-electron chi connectivity index (χ4n) is 6.95. The second-order valence-corrected chi connectivity index (χ2v) is 14.7. The van der Waals surface area contributed by atoms with Gasteiger partial charge in [-0.1, -0.05) is 0 Å². The van der Waals surface area contributed by atoms with E-state index in [0.717, 1.165) is 18.2 Å². The molecular formula is C45H52O23. The Bertz CT molecular complexity index is 2270. The maximum atomic E-state index is 13.6. The Morgan fingerprint density at radius 1 is 0.574 bits per heavy atom. The van der Waals surface area contributed by atoms with Gasteiger partial charge in [0.15, 0.2) is 53.0 Å². The predicted octanol–water partition coefficient (Wildman–Crippen LogP) is 0.566. The highest BCUT2D eigenvalue weighted by molar-refractivity contribution is 5.89. The van der Waals surface area contributed by atoms with E-state index in [0.29, 0.717) is 5.56 Å². The third-order valence-electron chi connectivity index (χ3n) is 10.5. The quantitative estimate of drug-likeness (QED) is 0.0436. The van der Waals surface area contributed by atoms with E-state index in [9.17, 15) is 55.2 Å². The van der Waals surface area contributed by atoms with Crippen molar-refractivity contribution in [1.29, 1.82) is 0 Å². The van der Waals surface area contributed by atoms with E-state index >= 15 is 0 Å². The highest BCUT2D eigenvalue weighted by Gasteiger charge is 2.62. The number of benzene rings is 3. The van der Waals surface area contributed by atoms with Crippen LogP contribution in [0.4, 0.5) is 0 Å². The Labute approximate surface area is 388 Å². The van der Waals surface area contributed by atoms with Crippen molar-refractivity contribution in [3.05, 3.63) is 71.3 Å². The van der Waals surface area contributed by atoms with Crippen molar-refractivity contribution in [2.75, 3.05) is 62.5 Å². The van der Waals surface area contributed by atoms with Gasteiger partial charge in [-0.25, -0.2) is 14.4 Å². The Balaban J connectivity index is 1.42. The number of phenolic OH excluding ortho intramolecular Hbond substituents is 3. The standard InChI is InChI=1S/C45H52O23/c1-57-25-13-22(14-26(58-2)36(25)51)7-10-33(48)63-20-32-39(54)40(55)41(56)44(64-32)68-45(21-47)43(66-35(50)12-9-24-17-29(61-5)38(53)30(18-24)62-6)42(31(19-46)67-45)65-34(49)11-8-23-15-27(59-3)37(52)28(16-23)60-4/h7-18,31-32,39-44,46-47,51-56H,19-21H2,1-6H3/b10-7+,11-8+,12-9+/t31-,32-,39-,40+,41-,42-,43+,44-,45+/m1/s1. The summed E-state index contributed by atoms with van der Waals surface area (Å²) in [6, 6.07) is 8.26. The zero-order valence-corrected chi connectivity index (χ0v) is 37.4. The summed E-state index contributed by atoms with van der Waals surface area (Å²) in [5.74, 6) is -6.79. The molecule has 8 N–H and O–H groups in total. The molecule has 0 aromatic heterocycles. The first-order valence-corrected chi connectivity index (χ1v) is 20.2. The molecule has 3 aromatic rings. The Morgan fingerprint density at radius 2 is 0.971 bits per heavy atom. The van der Waals surface area contributed by atoms with E-state index in [1.165, 1.54) is 97.3 Å². The van der Waals surface area contributed by atoms with Gasteiger partial charge >= 0.3 is 17.9 Å². The summed E-state index contributed by atoms with van der Waals surface area (Å²) < 4.78 is 65.0. The summed E-state index contributed by atoms with van der Waals surface area (Å²) in [5.41, 5.74) is 0.906. The van der Waals surface area contributed by atoms with Crippen LogP contribution in [0.3, 0.4) is 0 Å². The molecule has 68 heavy (non-hydrogen) atoms. The van der Waals surface area contributed by atoms with Crippen LogP contribution in [0, 0.1) is 0 Å². The minimum atomic E-state index is -2.68. The molecule has 0 unspecified atom stereocenters. The van der Waals surface area contributed by atoms with E-state index in [1.807, 2.05) is 0 Å². The highest BCUT2D eigenvalue weighted by atomic mass is 16.8. The van der Waals surface area contributed by atoms with Crippen LogP contribution in [-0.2, 0) is 42.8 Å². The number of rotatable bonds is 20. The number of aliphatic hydroxyl groups is 5. The molecule has 2 fully saturated rings. The van der Waals surface area contributed by atoms with Crippen molar-refractivity contribution >= 4 is 36.1 Å². The van der Waals surface area contributed by atoms with E-state index in [1.54, 1.807) is 0 Å². The number of hydrogen-bond donors (Lipinski definition) is 8. The first kappa shape index (κ1) is 52.1. The lowest BCUT2D eigenvalue weighted by Crippen LogP contribution is -2.63. The number of carbonyl (C=O) groups is 3. The van der Waals surface area contributed by atoms with Crippen LogP contribution in [0.1, 0.15) is 16.7 Å². The summed E-state index contributed by atoms with van der Waals surface area (Å²) in [6.45, 7) is -2.98. The van der Waals surface area contributed by atoms with Crippen molar-refractivity contribution in [3.63, 3.8) is 0 Å². The molecule has 370 valence electrons. The molecule has 5 rings (SSSR count). The highest BCUT2D eigenvalue weighted by Crippen LogP contribution is 2.42. The zero-order chi connectivity index (χ0) is 49.9. The summed E-state index contributed by atoms with van der Waals surface area (Å²) >= 11 is 0. The van der Waals surface area contributed by atoms with Crippen LogP contribution < -0.4 is 28.4 Å². The summed E-state index contributed by atoms with van der Waals surface area (Å²) in [4.78, 5) is 39.8. The second-order valence-electron chi connectivity index (χ2n) is 14.7. The van der Waals surface area contributed by atoms with Crippen molar-refractivity contribution in [3.8, 4) is 51.7 Å². The average Bonchev–Trinajstić information content (AvgIpc) is 3.62. The topological polar surface area (TPSA) is 324 Å². The summed E-state index contributed by atoms with van der Waals surface area (Å²) in [6.07, 6.45) is -8.68. The largest absolute Gasteiger partial charge is 0.502 e. The van der Waals surface area contributed by atoms with E-state index < -0.39 is 92.5 Å². The second kappa shape index (κ2) is 23.3. The predicted molar refractivity (Wildman–Crippen MR) is 231 cm³/mol. The number of ether oxygens (including phenoxy) is 12. The number of esters is 3. The molecule has 0 bridgehead atoms. The van der Waals surface area contributed by atoms with Gasteiger partial charge in [0.05, 0.1) is 49.3 Å². The monoisotopic (exact) mass is 960 g/mol. The molecule has 0 spiro atoms. The van der Waals surface area contributed by atoms with Crippen LogP contribution in [0.25, 0.3) is 18.2 Å². The van der Waals surface area contributed by atoms with E-state index in [4.69, 9.17) is 56.8 Å². The molecule has 2 saturated heterocycles. The van der Waals surface area contributed by atoms with Gasteiger partial charge in [0.1, 0.15) is 43.7 Å².